The van der Waals surface area contributed by atoms with Crippen molar-refractivity contribution in [2.24, 2.45) is 5.41 Å². The van der Waals surface area contributed by atoms with Crippen molar-refractivity contribution < 1.29 is 4.79 Å². The highest BCUT2D eigenvalue weighted by Gasteiger charge is 2.45. The molecule has 1 aliphatic heterocycles. The van der Waals surface area contributed by atoms with E-state index in [4.69, 9.17) is 0 Å². The molecule has 3 nitrogen and oxygen atoms in total. The molecule has 0 spiro atoms. The molecule has 2 N–H and O–H groups in total. The van der Waals surface area contributed by atoms with Gasteiger partial charge in [-0.2, -0.15) is 0 Å². The van der Waals surface area contributed by atoms with E-state index in [-0.39, 0.29) is 11.4 Å². The van der Waals surface area contributed by atoms with Gasteiger partial charge in [0.15, 0.2) is 0 Å². The largest absolute Gasteiger partial charge is 0.377 e. The van der Waals surface area contributed by atoms with Gasteiger partial charge in [0.1, 0.15) is 0 Å². The molecular formula is C14H20N2O. The molecule has 0 saturated carbocycles. The Kier molecular flexibility index (Phi) is 2.45. The second kappa shape index (κ2) is 3.49. The summed E-state index contributed by atoms with van der Waals surface area (Å²) in [6, 6.07) is 6.03. The molecular weight excluding hydrogens is 212 g/mol. The number of hydrogen-bond acceptors (Lipinski definition) is 2. The zero-order chi connectivity index (χ0) is 12.8. The Bertz CT molecular complexity index is 475. The van der Waals surface area contributed by atoms with Gasteiger partial charge in [-0.1, -0.05) is 6.07 Å². The van der Waals surface area contributed by atoms with Gasteiger partial charge in [-0.3, -0.25) is 4.79 Å². The van der Waals surface area contributed by atoms with Crippen LogP contribution in [-0.2, 0) is 4.79 Å². The van der Waals surface area contributed by atoms with E-state index in [2.05, 4.69) is 30.5 Å². The van der Waals surface area contributed by atoms with Crippen LogP contribution in [0.25, 0.3) is 0 Å². The predicted molar refractivity (Wildman–Crippen MR) is 71.3 cm³/mol. The standard InChI is InChI=1S/C14H20N2O/c1-9-6-7-10-11(8-9)16-14(4,5)13(2,3)12(17)15-10/h6-8,16H,1-5H3,(H,15,17). The lowest BCUT2D eigenvalue weighted by Crippen LogP contribution is -2.50. The minimum atomic E-state index is -0.472. The average molecular weight is 232 g/mol. The van der Waals surface area contributed by atoms with E-state index in [1.807, 2.05) is 32.9 Å². The Morgan fingerprint density at radius 2 is 1.71 bits per heavy atom. The van der Waals surface area contributed by atoms with Gasteiger partial charge in [-0.25, -0.2) is 0 Å². The summed E-state index contributed by atoms with van der Waals surface area (Å²) in [6.45, 7) is 10.1. The van der Waals surface area contributed by atoms with E-state index in [1.165, 1.54) is 5.56 Å². The third-order valence-electron chi connectivity index (χ3n) is 4.00. The molecule has 0 aliphatic carbocycles. The summed E-state index contributed by atoms with van der Waals surface area (Å²) in [7, 11) is 0. The molecule has 1 aliphatic rings. The molecule has 0 aromatic heterocycles. The van der Waals surface area contributed by atoms with Crippen LogP contribution in [0.1, 0.15) is 33.3 Å². The summed E-state index contributed by atoms with van der Waals surface area (Å²) >= 11 is 0. The van der Waals surface area contributed by atoms with Crippen molar-refractivity contribution in [1.29, 1.82) is 0 Å². The van der Waals surface area contributed by atoms with E-state index < -0.39 is 5.41 Å². The maximum atomic E-state index is 12.2. The van der Waals surface area contributed by atoms with E-state index in [0.29, 0.717) is 0 Å². The van der Waals surface area contributed by atoms with Crippen LogP contribution in [0.15, 0.2) is 18.2 Å². The van der Waals surface area contributed by atoms with Crippen molar-refractivity contribution in [2.75, 3.05) is 10.6 Å². The number of benzene rings is 1. The monoisotopic (exact) mass is 232 g/mol. The van der Waals surface area contributed by atoms with Crippen molar-refractivity contribution in [3.05, 3.63) is 23.8 Å². The number of hydrogen-bond donors (Lipinski definition) is 2. The van der Waals surface area contributed by atoms with Gasteiger partial charge in [0.25, 0.3) is 0 Å². The smallest absolute Gasteiger partial charge is 0.232 e. The summed E-state index contributed by atoms with van der Waals surface area (Å²) in [6.07, 6.45) is 0. The van der Waals surface area contributed by atoms with Gasteiger partial charge in [0, 0.05) is 5.54 Å². The highest BCUT2D eigenvalue weighted by molar-refractivity contribution is 6.00. The third kappa shape index (κ3) is 1.79. The molecule has 1 aromatic rings. The first-order valence-corrected chi connectivity index (χ1v) is 5.94. The minimum Gasteiger partial charge on any atom is -0.377 e. The highest BCUT2D eigenvalue weighted by atomic mass is 16.2. The second-order valence-corrected chi connectivity index (χ2v) is 5.88. The lowest BCUT2D eigenvalue weighted by Gasteiger charge is -2.39. The summed E-state index contributed by atoms with van der Waals surface area (Å²) < 4.78 is 0. The van der Waals surface area contributed by atoms with E-state index >= 15 is 0 Å². The van der Waals surface area contributed by atoms with Crippen molar-refractivity contribution in [3.63, 3.8) is 0 Å². The van der Waals surface area contributed by atoms with Crippen molar-refractivity contribution in [3.8, 4) is 0 Å². The number of carbonyl (C=O) groups is 1. The van der Waals surface area contributed by atoms with Gasteiger partial charge in [-0.05, 0) is 52.3 Å². The van der Waals surface area contributed by atoms with Crippen LogP contribution < -0.4 is 10.6 Å². The number of nitrogens with one attached hydrogen (secondary N) is 2. The summed E-state index contributed by atoms with van der Waals surface area (Å²) in [5.41, 5.74) is 2.27. The Hall–Kier alpha value is -1.51. The van der Waals surface area contributed by atoms with E-state index in [1.54, 1.807) is 0 Å². The van der Waals surface area contributed by atoms with Gasteiger partial charge in [0.05, 0.1) is 16.8 Å². The third-order valence-corrected chi connectivity index (χ3v) is 4.00. The summed E-state index contributed by atoms with van der Waals surface area (Å²) in [5, 5.41) is 6.47. The van der Waals surface area contributed by atoms with Crippen LogP contribution >= 0.6 is 0 Å². The maximum absolute atomic E-state index is 12.2. The normalized spacial score (nSPS) is 20.9. The Morgan fingerprint density at radius 1 is 1.06 bits per heavy atom. The number of carbonyl (C=O) groups excluding carboxylic acids is 1. The zero-order valence-electron chi connectivity index (χ0n) is 11.1. The van der Waals surface area contributed by atoms with Crippen molar-refractivity contribution in [1.82, 2.24) is 0 Å². The Morgan fingerprint density at radius 3 is 2.35 bits per heavy atom. The highest BCUT2D eigenvalue weighted by Crippen LogP contribution is 2.40. The van der Waals surface area contributed by atoms with Crippen LogP contribution in [0.4, 0.5) is 11.4 Å². The van der Waals surface area contributed by atoms with Gasteiger partial charge >= 0.3 is 0 Å². The molecule has 1 aromatic carbocycles. The van der Waals surface area contributed by atoms with Crippen molar-refractivity contribution in [2.45, 2.75) is 40.2 Å². The molecule has 17 heavy (non-hydrogen) atoms. The molecule has 0 fully saturated rings. The van der Waals surface area contributed by atoms with Gasteiger partial charge in [-0.15, -0.1) is 0 Å². The molecule has 0 unspecified atom stereocenters. The fraction of sp³-hybridized carbons (Fsp3) is 0.500. The summed E-state index contributed by atoms with van der Waals surface area (Å²) in [5.74, 6) is 0.0533. The fourth-order valence-corrected chi connectivity index (χ4v) is 1.93. The number of anilines is 2. The topological polar surface area (TPSA) is 41.1 Å². The first kappa shape index (κ1) is 12.0. The number of amides is 1. The lowest BCUT2D eigenvalue weighted by atomic mass is 9.74. The summed E-state index contributed by atoms with van der Waals surface area (Å²) in [4.78, 5) is 12.2. The first-order valence-electron chi connectivity index (χ1n) is 5.94. The van der Waals surface area contributed by atoms with Crippen LogP contribution in [-0.4, -0.2) is 11.4 Å². The first-order chi connectivity index (χ1) is 7.74. The van der Waals surface area contributed by atoms with E-state index in [0.717, 1.165) is 11.4 Å². The minimum absolute atomic E-state index is 0.0533. The number of fused-ring (bicyclic) bond motifs is 1. The van der Waals surface area contributed by atoms with Crippen LogP contribution in [0.2, 0.25) is 0 Å². The van der Waals surface area contributed by atoms with Crippen molar-refractivity contribution >= 4 is 17.3 Å². The number of aryl methyl sites for hydroxylation is 1. The SMILES string of the molecule is Cc1ccc2c(c1)NC(C)(C)C(C)(C)C(=O)N2. The molecule has 1 amide bonds. The molecule has 0 saturated heterocycles. The lowest BCUT2D eigenvalue weighted by molar-refractivity contribution is -0.126. The quantitative estimate of drug-likeness (QED) is 0.721. The Labute approximate surface area is 103 Å². The molecule has 1 heterocycles. The van der Waals surface area contributed by atoms with Crippen LogP contribution in [0.5, 0.6) is 0 Å². The van der Waals surface area contributed by atoms with E-state index in [9.17, 15) is 4.79 Å². The molecule has 0 bridgehead atoms. The number of rotatable bonds is 0. The zero-order valence-corrected chi connectivity index (χ0v) is 11.1. The molecule has 2 rings (SSSR count). The van der Waals surface area contributed by atoms with Gasteiger partial charge < -0.3 is 10.6 Å². The van der Waals surface area contributed by atoms with Crippen LogP contribution in [0, 0.1) is 12.3 Å². The predicted octanol–water partition coefficient (Wildman–Crippen LogP) is 3.16. The maximum Gasteiger partial charge on any atom is 0.232 e. The second-order valence-electron chi connectivity index (χ2n) is 5.88. The fourth-order valence-electron chi connectivity index (χ4n) is 1.93. The van der Waals surface area contributed by atoms with Crippen LogP contribution in [0.3, 0.4) is 0 Å². The average Bonchev–Trinajstić information content (AvgIpc) is 2.25. The Balaban J connectivity index is 2.55. The molecule has 3 heteroatoms. The molecule has 0 atom stereocenters. The molecule has 0 radical (unpaired) electrons. The van der Waals surface area contributed by atoms with Gasteiger partial charge in [0.2, 0.25) is 5.91 Å². The molecule has 92 valence electrons.